The van der Waals surface area contributed by atoms with Crippen LogP contribution in [0, 0.1) is 0 Å². The van der Waals surface area contributed by atoms with Gasteiger partial charge >= 0.3 is 0 Å². The third-order valence-corrected chi connectivity index (χ3v) is 6.34. The number of aliphatic hydroxyl groups excluding tert-OH is 1. The van der Waals surface area contributed by atoms with Crippen LogP contribution in [0.3, 0.4) is 0 Å². The average Bonchev–Trinajstić information content (AvgIpc) is 3.62. The van der Waals surface area contributed by atoms with Gasteiger partial charge in [-0.2, -0.15) is 0 Å². The molecular weight excluding hydrogens is 462 g/mol. The first-order chi connectivity index (χ1) is 17.2. The number of epoxide rings is 1. The molecule has 0 aliphatic carbocycles. The van der Waals surface area contributed by atoms with Crippen LogP contribution in [0.25, 0.3) is 0 Å². The molecule has 2 aromatic carbocycles. The minimum absolute atomic E-state index is 0.188. The summed E-state index contributed by atoms with van der Waals surface area (Å²) in [5.74, 6) is -0.522. The maximum absolute atomic E-state index is 13.5. The highest BCUT2D eigenvalue weighted by Crippen LogP contribution is 2.29. The number of rotatable bonds is 13. The van der Waals surface area contributed by atoms with Crippen LogP contribution < -0.4 is 15.4 Å². The maximum atomic E-state index is 13.5. The van der Waals surface area contributed by atoms with Crippen molar-refractivity contribution >= 4 is 17.6 Å². The van der Waals surface area contributed by atoms with Gasteiger partial charge in [0.15, 0.2) is 5.78 Å². The Bertz CT molecular complexity index is 1040. The molecule has 194 valence electrons. The van der Waals surface area contributed by atoms with Gasteiger partial charge in [0, 0.05) is 6.42 Å². The third-order valence-electron chi connectivity index (χ3n) is 6.34. The molecule has 3 rings (SSSR count). The first kappa shape index (κ1) is 27.3. The van der Waals surface area contributed by atoms with Crippen molar-refractivity contribution < 1.29 is 29.0 Å². The Balaban J connectivity index is 1.83. The molecule has 1 aliphatic heterocycles. The fourth-order valence-corrected chi connectivity index (χ4v) is 3.91. The third kappa shape index (κ3) is 7.13. The zero-order valence-corrected chi connectivity index (χ0v) is 21.2. The van der Waals surface area contributed by atoms with Crippen molar-refractivity contribution in [3.63, 3.8) is 0 Å². The van der Waals surface area contributed by atoms with Gasteiger partial charge in [-0.25, -0.2) is 0 Å². The molecule has 0 unspecified atom stereocenters. The molecule has 1 fully saturated rings. The standard InChI is InChI=1S/C27H35N3O6/c1-27(17-36-27)24(32)21(14-18-8-6-5-7-9-18)28-25(33)22(29-26(34)23(16-31)30(2)3)15-19-10-12-20(35-4)13-11-19/h5-13,21-23,31H,14-17H2,1-4H3,(H,28,33)(H,29,34)/t21-,22-,23-,27+/m0/s1. The summed E-state index contributed by atoms with van der Waals surface area (Å²) in [6.07, 6.45) is 0.484. The molecule has 0 radical (unpaired) electrons. The lowest BCUT2D eigenvalue weighted by Gasteiger charge is -2.27. The number of ether oxygens (including phenoxy) is 2. The summed E-state index contributed by atoms with van der Waals surface area (Å²) < 4.78 is 10.6. The van der Waals surface area contributed by atoms with E-state index in [9.17, 15) is 19.5 Å². The number of carbonyl (C=O) groups excluding carboxylic acids is 3. The van der Waals surface area contributed by atoms with Crippen LogP contribution in [0.1, 0.15) is 18.1 Å². The fraction of sp³-hybridized carbons (Fsp3) is 0.444. The summed E-state index contributed by atoms with van der Waals surface area (Å²) in [5.41, 5.74) is 0.767. The van der Waals surface area contributed by atoms with E-state index in [1.54, 1.807) is 45.2 Å². The highest BCUT2D eigenvalue weighted by atomic mass is 16.6. The Morgan fingerprint density at radius 3 is 2.06 bits per heavy atom. The molecule has 9 heteroatoms. The summed E-state index contributed by atoms with van der Waals surface area (Å²) in [4.78, 5) is 41.2. The quantitative estimate of drug-likeness (QED) is 0.349. The number of benzene rings is 2. The molecule has 1 aliphatic rings. The number of nitrogens with one attached hydrogen (secondary N) is 2. The summed E-state index contributed by atoms with van der Waals surface area (Å²) in [7, 11) is 4.91. The van der Waals surface area contributed by atoms with Gasteiger partial charge in [0.2, 0.25) is 11.8 Å². The number of carbonyl (C=O) groups is 3. The Labute approximate surface area is 211 Å². The Morgan fingerprint density at radius 1 is 0.972 bits per heavy atom. The van der Waals surface area contributed by atoms with Gasteiger partial charge in [0.05, 0.1) is 26.4 Å². The molecule has 3 N–H and O–H groups in total. The van der Waals surface area contributed by atoms with Crippen molar-refractivity contribution in [1.82, 2.24) is 15.5 Å². The van der Waals surface area contributed by atoms with Crippen molar-refractivity contribution in [2.45, 2.75) is 43.5 Å². The van der Waals surface area contributed by atoms with Gasteiger partial charge < -0.3 is 25.2 Å². The van der Waals surface area contributed by atoms with Crippen LogP contribution in [0.4, 0.5) is 0 Å². The molecular formula is C27H35N3O6. The fourth-order valence-electron chi connectivity index (χ4n) is 3.91. The zero-order chi connectivity index (χ0) is 26.3. The van der Waals surface area contributed by atoms with E-state index in [1.807, 2.05) is 42.5 Å². The van der Waals surface area contributed by atoms with Crippen LogP contribution >= 0.6 is 0 Å². The Hall–Kier alpha value is -3.27. The van der Waals surface area contributed by atoms with Crippen LogP contribution in [-0.2, 0) is 32.0 Å². The SMILES string of the molecule is COc1ccc(C[C@H](NC(=O)[C@H](CO)N(C)C)C(=O)N[C@@H](Cc2ccccc2)C(=O)[C@@]2(C)CO2)cc1. The second-order valence-electron chi connectivity index (χ2n) is 9.41. The number of methoxy groups -OCH3 is 1. The summed E-state index contributed by atoms with van der Waals surface area (Å²) in [6.45, 7) is 1.61. The Morgan fingerprint density at radius 2 is 1.53 bits per heavy atom. The largest absolute Gasteiger partial charge is 0.497 e. The Kier molecular flexibility index (Phi) is 9.19. The van der Waals surface area contributed by atoms with E-state index in [-0.39, 0.29) is 12.2 Å². The number of hydrogen-bond donors (Lipinski definition) is 3. The van der Waals surface area contributed by atoms with Gasteiger partial charge in [0.1, 0.15) is 23.4 Å². The van der Waals surface area contributed by atoms with Gasteiger partial charge in [-0.05, 0) is 50.7 Å². The van der Waals surface area contributed by atoms with Crippen LogP contribution in [0.15, 0.2) is 54.6 Å². The van der Waals surface area contributed by atoms with E-state index in [0.29, 0.717) is 18.8 Å². The van der Waals surface area contributed by atoms with Crippen LogP contribution in [0.2, 0.25) is 0 Å². The minimum atomic E-state index is -0.973. The number of hydrogen-bond acceptors (Lipinski definition) is 7. The maximum Gasteiger partial charge on any atom is 0.243 e. The molecule has 0 aromatic heterocycles. The number of aliphatic hydroxyl groups is 1. The summed E-state index contributed by atoms with van der Waals surface area (Å²) in [6, 6.07) is 14.0. The topological polar surface area (TPSA) is 120 Å². The predicted molar refractivity (Wildman–Crippen MR) is 135 cm³/mol. The predicted octanol–water partition coefficient (Wildman–Crippen LogP) is 0.731. The normalized spacial score (nSPS) is 19.2. The first-order valence-corrected chi connectivity index (χ1v) is 11.9. The number of Topliss-reactive ketones (excluding diaryl/α,β-unsaturated/α-hetero) is 1. The van der Waals surface area contributed by atoms with Gasteiger partial charge in [-0.1, -0.05) is 42.5 Å². The number of amides is 2. The minimum Gasteiger partial charge on any atom is -0.497 e. The highest BCUT2D eigenvalue weighted by Gasteiger charge is 2.50. The first-order valence-electron chi connectivity index (χ1n) is 11.9. The van der Waals surface area contributed by atoms with Crippen molar-refractivity contribution in [2.75, 3.05) is 34.4 Å². The molecule has 2 amide bonds. The average molecular weight is 498 g/mol. The molecule has 36 heavy (non-hydrogen) atoms. The lowest BCUT2D eigenvalue weighted by atomic mass is 9.94. The van der Waals surface area contributed by atoms with Crippen LogP contribution in [-0.4, -0.2) is 85.7 Å². The second-order valence-corrected chi connectivity index (χ2v) is 9.41. The van der Waals surface area contributed by atoms with Crippen molar-refractivity contribution in [3.8, 4) is 5.75 Å². The lowest BCUT2D eigenvalue weighted by molar-refractivity contribution is -0.134. The molecule has 0 saturated carbocycles. The molecule has 0 bridgehead atoms. The van der Waals surface area contributed by atoms with Crippen molar-refractivity contribution in [2.24, 2.45) is 0 Å². The van der Waals surface area contributed by atoms with E-state index in [4.69, 9.17) is 9.47 Å². The van der Waals surface area contributed by atoms with E-state index < -0.39 is 42.1 Å². The van der Waals surface area contributed by atoms with Crippen molar-refractivity contribution in [1.29, 1.82) is 0 Å². The van der Waals surface area contributed by atoms with E-state index in [1.165, 1.54) is 0 Å². The molecule has 9 nitrogen and oxygen atoms in total. The molecule has 0 spiro atoms. The van der Waals surface area contributed by atoms with E-state index in [2.05, 4.69) is 10.6 Å². The zero-order valence-electron chi connectivity index (χ0n) is 21.2. The van der Waals surface area contributed by atoms with E-state index >= 15 is 0 Å². The summed E-state index contributed by atoms with van der Waals surface area (Å²) >= 11 is 0. The molecule has 2 aromatic rings. The summed E-state index contributed by atoms with van der Waals surface area (Å²) in [5, 5.41) is 15.3. The van der Waals surface area contributed by atoms with E-state index in [0.717, 1.165) is 11.1 Å². The van der Waals surface area contributed by atoms with Crippen molar-refractivity contribution in [3.05, 3.63) is 65.7 Å². The van der Waals surface area contributed by atoms with Gasteiger partial charge in [-0.15, -0.1) is 0 Å². The highest BCUT2D eigenvalue weighted by molar-refractivity contribution is 5.98. The van der Waals surface area contributed by atoms with Gasteiger partial charge in [0.25, 0.3) is 0 Å². The van der Waals surface area contributed by atoms with Crippen LogP contribution in [0.5, 0.6) is 5.75 Å². The second kappa shape index (κ2) is 12.1. The lowest BCUT2D eigenvalue weighted by Crippen LogP contribution is -2.57. The monoisotopic (exact) mass is 497 g/mol. The number of likely N-dealkylation sites (N-methyl/N-ethyl adjacent to an activating group) is 1. The molecule has 4 atom stereocenters. The number of nitrogens with zero attached hydrogens (tertiary/aromatic N) is 1. The van der Waals surface area contributed by atoms with Gasteiger partial charge in [-0.3, -0.25) is 19.3 Å². The smallest absolute Gasteiger partial charge is 0.243 e. The molecule has 1 heterocycles. The number of ketones is 1. The molecule has 1 saturated heterocycles.